The van der Waals surface area contributed by atoms with Gasteiger partial charge in [0.05, 0.1) is 13.0 Å². The van der Waals surface area contributed by atoms with Crippen molar-refractivity contribution in [1.29, 1.82) is 0 Å². The SMILES string of the molecule is NCC(=O)NC(CC(=O)O)C(=O)NC(CCCN=C(N)N)C(=O)NC(CS)C(=O)O. The van der Waals surface area contributed by atoms with Crippen LogP contribution in [0.1, 0.15) is 19.3 Å². The Morgan fingerprint density at radius 3 is 1.97 bits per heavy atom. The largest absolute Gasteiger partial charge is 0.481 e. The lowest BCUT2D eigenvalue weighted by Gasteiger charge is -2.23. The Morgan fingerprint density at radius 1 is 0.933 bits per heavy atom. The van der Waals surface area contributed by atoms with Crippen molar-refractivity contribution in [2.75, 3.05) is 18.8 Å². The van der Waals surface area contributed by atoms with Gasteiger partial charge in [0.25, 0.3) is 0 Å². The first-order valence-electron chi connectivity index (χ1n) is 8.72. The third-order valence-corrected chi connectivity index (χ3v) is 3.96. The van der Waals surface area contributed by atoms with Crippen LogP contribution in [0.4, 0.5) is 0 Å². The van der Waals surface area contributed by atoms with Crippen molar-refractivity contribution in [3.63, 3.8) is 0 Å². The van der Waals surface area contributed by atoms with Crippen molar-refractivity contribution in [1.82, 2.24) is 16.0 Å². The molecule has 0 saturated heterocycles. The molecule has 0 aliphatic carbocycles. The molecule has 0 aromatic heterocycles. The monoisotopic (exact) mass is 449 g/mol. The number of carboxylic acid groups (broad SMARTS) is 2. The number of carbonyl (C=O) groups excluding carboxylic acids is 3. The molecule has 14 nitrogen and oxygen atoms in total. The number of nitrogens with one attached hydrogen (secondary N) is 3. The van der Waals surface area contributed by atoms with Gasteiger partial charge in [-0.1, -0.05) is 0 Å². The van der Waals surface area contributed by atoms with Crippen molar-refractivity contribution in [3.8, 4) is 0 Å². The van der Waals surface area contributed by atoms with Gasteiger partial charge in [-0.25, -0.2) is 4.79 Å². The molecular formula is C15H27N7O7S. The van der Waals surface area contributed by atoms with Crippen LogP contribution >= 0.6 is 12.6 Å². The van der Waals surface area contributed by atoms with Gasteiger partial charge in [-0.3, -0.25) is 24.2 Å². The molecule has 3 amide bonds. The maximum absolute atomic E-state index is 12.5. The van der Waals surface area contributed by atoms with E-state index in [1.54, 1.807) is 0 Å². The number of carbonyl (C=O) groups is 5. The summed E-state index contributed by atoms with van der Waals surface area (Å²) < 4.78 is 0. The first-order valence-corrected chi connectivity index (χ1v) is 9.36. The van der Waals surface area contributed by atoms with Crippen molar-refractivity contribution in [2.24, 2.45) is 22.2 Å². The van der Waals surface area contributed by atoms with Crippen LogP contribution in [-0.4, -0.2) is 82.8 Å². The highest BCUT2D eigenvalue weighted by Crippen LogP contribution is 2.03. The number of rotatable bonds is 14. The summed E-state index contributed by atoms with van der Waals surface area (Å²) in [6.07, 6.45) is -0.528. The molecule has 0 aromatic carbocycles. The number of amides is 3. The van der Waals surface area contributed by atoms with Crippen LogP contribution in [0.15, 0.2) is 4.99 Å². The van der Waals surface area contributed by atoms with Crippen LogP contribution in [0, 0.1) is 0 Å². The average molecular weight is 449 g/mol. The van der Waals surface area contributed by atoms with Crippen molar-refractivity contribution < 1.29 is 34.2 Å². The van der Waals surface area contributed by atoms with E-state index in [1.807, 2.05) is 0 Å². The van der Waals surface area contributed by atoms with E-state index in [-0.39, 0.29) is 31.1 Å². The fraction of sp³-hybridized carbons (Fsp3) is 0.600. The molecule has 0 aromatic rings. The standard InChI is InChI=1S/C15H27N7O7S/c16-5-10(23)20-8(4-11(24)25)13(27)21-7(2-1-3-19-15(17)18)12(26)22-9(6-30)14(28)29/h7-9,30H,1-6,16H2,(H,20,23)(H,21,27)(H,22,26)(H,24,25)(H,28,29)(H4,17,18,19). The van der Waals surface area contributed by atoms with Crippen LogP contribution in [0.3, 0.4) is 0 Å². The Bertz CT molecular complexity index is 670. The predicted molar refractivity (Wildman–Crippen MR) is 108 cm³/mol. The molecule has 170 valence electrons. The Balaban J connectivity index is 5.37. The number of guanidine groups is 1. The van der Waals surface area contributed by atoms with E-state index in [0.29, 0.717) is 0 Å². The number of nitrogens with two attached hydrogens (primary N) is 3. The van der Waals surface area contributed by atoms with Crippen molar-refractivity contribution >= 4 is 48.2 Å². The summed E-state index contributed by atoms with van der Waals surface area (Å²) in [6, 6.07) is -4.06. The highest BCUT2D eigenvalue weighted by molar-refractivity contribution is 7.80. The lowest BCUT2D eigenvalue weighted by atomic mass is 10.1. The third-order valence-electron chi connectivity index (χ3n) is 3.59. The molecule has 0 radical (unpaired) electrons. The lowest BCUT2D eigenvalue weighted by Crippen LogP contribution is -2.56. The van der Waals surface area contributed by atoms with E-state index >= 15 is 0 Å². The number of aliphatic carboxylic acids is 2. The molecule has 0 saturated carbocycles. The van der Waals surface area contributed by atoms with Crippen LogP contribution < -0.4 is 33.2 Å². The van der Waals surface area contributed by atoms with Gasteiger partial charge in [-0.15, -0.1) is 0 Å². The van der Waals surface area contributed by atoms with Crippen molar-refractivity contribution in [3.05, 3.63) is 0 Å². The number of thiol groups is 1. The second kappa shape index (κ2) is 14.0. The summed E-state index contributed by atoms with van der Waals surface area (Å²) in [4.78, 5) is 62.2. The van der Waals surface area contributed by atoms with Crippen LogP contribution in [-0.2, 0) is 24.0 Å². The first kappa shape index (κ1) is 26.9. The predicted octanol–water partition coefficient (Wildman–Crippen LogP) is -4.06. The zero-order valence-corrected chi connectivity index (χ0v) is 16.9. The summed E-state index contributed by atoms with van der Waals surface area (Å²) in [6.45, 7) is -0.354. The van der Waals surface area contributed by atoms with Gasteiger partial charge in [0.15, 0.2) is 5.96 Å². The average Bonchev–Trinajstić information content (AvgIpc) is 2.66. The van der Waals surface area contributed by atoms with Crippen LogP contribution in [0.5, 0.6) is 0 Å². The Morgan fingerprint density at radius 2 is 1.50 bits per heavy atom. The van der Waals surface area contributed by atoms with Gasteiger partial charge < -0.3 is 43.4 Å². The van der Waals surface area contributed by atoms with E-state index in [1.165, 1.54) is 0 Å². The number of hydrogen-bond acceptors (Lipinski definition) is 8. The van der Waals surface area contributed by atoms with Crippen molar-refractivity contribution in [2.45, 2.75) is 37.4 Å². The molecule has 0 aliphatic heterocycles. The molecule has 11 N–H and O–H groups in total. The molecule has 0 heterocycles. The summed E-state index contributed by atoms with van der Waals surface area (Å²) in [7, 11) is 0. The van der Waals surface area contributed by atoms with Gasteiger partial charge in [0.2, 0.25) is 17.7 Å². The summed E-state index contributed by atoms with van der Waals surface area (Å²) in [5, 5.41) is 24.7. The fourth-order valence-electron chi connectivity index (χ4n) is 2.14. The second-order valence-electron chi connectivity index (χ2n) is 6.01. The Hall–Kier alpha value is -3.07. The number of hydrogen-bond donors (Lipinski definition) is 9. The van der Waals surface area contributed by atoms with Crippen LogP contribution in [0.2, 0.25) is 0 Å². The minimum Gasteiger partial charge on any atom is -0.481 e. The van der Waals surface area contributed by atoms with E-state index in [2.05, 4.69) is 33.6 Å². The van der Waals surface area contributed by atoms with Crippen LogP contribution in [0.25, 0.3) is 0 Å². The fourth-order valence-corrected chi connectivity index (χ4v) is 2.39. The highest BCUT2D eigenvalue weighted by atomic mass is 32.1. The number of nitrogens with zero attached hydrogens (tertiary/aromatic N) is 1. The Kier molecular flexibility index (Phi) is 12.6. The quantitative estimate of drug-likeness (QED) is 0.0536. The minimum absolute atomic E-state index is 0.00209. The van der Waals surface area contributed by atoms with Gasteiger partial charge >= 0.3 is 11.9 Å². The second-order valence-corrected chi connectivity index (χ2v) is 6.38. The topological polar surface area (TPSA) is 252 Å². The van der Waals surface area contributed by atoms with E-state index < -0.39 is 60.8 Å². The minimum atomic E-state index is -1.49. The van der Waals surface area contributed by atoms with E-state index in [4.69, 9.17) is 27.4 Å². The molecule has 0 bridgehead atoms. The maximum atomic E-state index is 12.5. The molecule has 0 aliphatic rings. The van der Waals surface area contributed by atoms with Gasteiger partial charge in [-0.05, 0) is 12.8 Å². The normalized spacial score (nSPS) is 13.3. The van der Waals surface area contributed by atoms with E-state index in [9.17, 15) is 24.0 Å². The summed E-state index contributed by atoms with van der Waals surface area (Å²) in [5.74, 6) is -5.65. The molecule has 0 rings (SSSR count). The van der Waals surface area contributed by atoms with E-state index in [0.717, 1.165) is 0 Å². The summed E-state index contributed by atoms with van der Waals surface area (Å²) >= 11 is 3.84. The lowest BCUT2D eigenvalue weighted by molar-refractivity contribution is -0.142. The zero-order chi connectivity index (χ0) is 23.3. The number of aliphatic imine (C=N–C) groups is 1. The Labute approximate surface area is 177 Å². The number of carboxylic acids is 2. The molecule has 15 heteroatoms. The molecule has 30 heavy (non-hydrogen) atoms. The molecule has 3 atom stereocenters. The summed E-state index contributed by atoms with van der Waals surface area (Å²) in [5.41, 5.74) is 15.6. The zero-order valence-electron chi connectivity index (χ0n) is 16.0. The first-order chi connectivity index (χ1) is 14.0. The smallest absolute Gasteiger partial charge is 0.327 e. The van der Waals surface area contributed by atoms with Gasteiger partial charge in [-0.2, -0.15) is 12.6 Å². The molecule has 0 fully saturated rings. The maximum Gasteiger partial charge on any atom is 0.327 e. The van der Waals surface area contributed by atoms with Gasteiger partial charge in [0, 0.05) is 12.3 Å². The molecular weight excluding hydrogens is 422 g/mol. The highest BCUT2D eigenvalue weighted by Gasteiger charge is 2.29. The third kappa shape index (κ3) is 11.1. The van der Waals surface area contributed by atoms with Gasteiger partial charge in [0.1, 0.15) is 18.1 Å². The molecule has 0 spiro atoms. The molecule has 3 unspecified atom stereocenters.